The molecule has 0 saturated heterocycles. The zero-order chi connectivity index (χ0) is 9.98. The maximum absolute atomic E-state index is 10.4. The van der Waals surface area contributed by atoms with Crippen molar-refractivity contribution in [2.75, 3.05) is 33.8 Å². The third kappa shape index (κ3) is 12.1. The maximum Gasteiger partial charge on any atom is 0.245 e. The molecule has 0 aliphatic rings. The molecule has 12 heavy (non-hydrogen) atoms. The van der Waals surface area contributed by atoms with Crippen LogP contribution in [-0.2, 0) is 4.79 Å². The Labute approximate surface area is 74.6 Å². The van der Waals surface area contributed by atoms with Crippen LogP contribution in [0.25, 0.3) is 0 Å². The van der Waals surface area contributed by atoms with Gasteiger partial charge in [0.15, 0.2) is 0 Å². The number of rotatable bonds is 4. The first-order valence-corrected chi connectivity index (χ1v) is 4.19. The summed E-state index contributed by atoms with van der Waals surface area (Å²) < 4.78 is 0. The number of amides is 1. The number of nitrogens with one attached hydrogen (secondary N) is 1. The fourth-order valence-corrected chi connectivity index (χ4v) is 0.475. The maximum atomic E-state index is 10.4. The first-order valence-electron chi connectivity index (χ1n) is 4.19. The molecule has 0 fully saturated rings. The molecule has 0 radical (unpaired) electrons. The lowest BCUT2D eigenvalue weighted by Crippen LogP contribution is -2.32. The van der Waals surface area contributed by atoms with Gasteiger partial charge in [0.05, 0.1) is 0 Å². The second-order valence-corrected chi connectivity index (χ2v) is 2.31. The zero-order valence-electron chi connectivity index (χ0n) is 8.42. The van der Waals surface area contributed by atoms with E-state index >= 15 is 0 Å². The Morgan fingerprint density at radius 3 is 2.25 bits per heavy atom. The van der Waals surface area contributed by atoms with Crippen molar-refractivity contribution in [2.45, 2.75) is 13.8 Å². The van der Waals surface area contributed by atoms with E-state index in [1.165, 1.54) is 0 Å². The van der Waals surface area contributed by atoms with Crippen molar-refractivity contribution >= 4 is 5.91 Å². The summed E-state index contributed by atoms with van der Waals surface area (Å²) in [5.74, 6) is -0.318. The number of aliphatic hydroxyl groups is 1. The summed E-state index contributed by atoms with van der Waals surface area (Å²) in [7, 11) is 3.84. The molecule has 0 atom stereocenters. The Morgan fingerprint density at radius 1 is 1.42 bits per heavy atom. The van der Waals surface area contributed by atoms with E-state index in [-0.39, 0.29) is 5.91 Å². The van der Waals surface area contributed by atoms with Gasteiger partial charge in [-0.05, 0) is 14.1 Å². The van der Waals surface area contributed by atoms with Crippen LogP contribution in [0, 0.1) is 0 Å². The molecule has 1 amide bonds. The predicted octanol–water partition coefficient (Wildman–Crippen LogP) is -0.317. The van der Waals surface area contributed by atoms with Crippen LogP contribution in [0.5, 0.6) is 0 Å². The molecule has 0 aromatic heterocycles. The number of carbonyl (C=O) groups is 1. The van der Waals surface area contributed by atoms with Gasteiger partial charge in [-0.3, -0.25) is 4.79 Å². The highest BCUT2D eigenvalue weighted by molar-refractivity contribution is 5.76. The Kier molecular flexibility index (Phi) is 12.1. The summed E-state index contributed by atoms with van der Waals surface area (Å²) in [6.45, 7) is 4.96. The van der Waals surface area contributed by atoms with Crippen molar-refractivity contribution in [2.24, 2.45) is 0 Å². The van der Waals surface area contributed by atoms with Gasteiger partial charge in [-0.25, -0.2) is 0 Å². The average molecular weight is 176 g/mol. The molecule has 4 heteroatoms. The number of aliphatic hydroxyl groups excluding tert-OH is 1. The molecule has 0 heterocycles. The lowest BCUT2D eigenvalue weighted by molar-refractivity contribution is -0.123. The second kappa shape index (κ2) is 10.4. The molecule has 0 unspecified atom stereocenters. The monoisotopic (exact) mass is 176 g/mol. The Balaban J connectivity index is 0. The van der Waals surface area contributed by atoms with E-state index in [1.807, 2.05) is 32.8 Å². The van der Waals surface area contributed by atoms with Gasteiger partial charge in [-0.2, -0.15) is 0 Å². The molecular formula is C8H20N2O2. The van der Waals surface area contributed by atoms with Gasteiger partial charge in [-0.1, -0.05) is 13.8 Å². The summed E-state index contributed by atoms with van der Waals surface area (Å²) in [6.07, 6.45) is 0. The Bertz CT molecular complexity index is 105. The van der Waals surface area contributed by atoms with Gasteiger partial charge in [0.2, 0.25) is 5.91 Å². The number of nitrogens with zero attached hydrogens (tertiary/aromatic N) is 1. The molecule has 0 spiro atoms. The fourth-order valence-electron chi connectivity index (χ4n) is 0.475. The highest BCUT2D eigenvalue weighted by Crippen LogP contribution is 1.70. The van der Waals surface area contributed by atoms with Crippen LogP contribution in [0.4, 0.5) is 0 Å². The van der Waals surface area contributed by atoms with Gasteiger partial charge in [0.1, 0.15) is 6.61 Å². The van der Waals surface area contributed by atoms with Gasteiger partial charge >= 0.3 is 0 Å². The normalized spacial score (nSPS) is 8.83. The Morgan fingerprint density at radius 2 is 1.92 bits per heavy atom. The number of carbonyl (C=O) groups excluding carboxylic acids is 1. The van der Waals surface area contributed by atoms with E-state index in [0.717, 1.165) is 6.54 Å². The highest BCUT2D eigenvalue weighted by Gasteiger charge is 1.95. The van der Waals surface area contributed by atoms with E-state index in [0.29, 0.717) is 6.54 Å². The quantitative estimate of drug-likeness (QED) is 0.617. The molecule has 0 aromatic carbocycles. The SMILES string of the molecule is CC.CN(C)CCNC(=O)CO. The minimum absolute atomic E-state index is 0.318. The third-order valence-corrected chi connectivity index (χ3v) is 1.02. The lowest BCUT2D eigenvalue weighted by Gasteiger charge is -2.08. The van der Waals surface area contributed by atoms with Crippen molar-refractivity contribution in [3.8, 4) is 0 Å². The average Bonchev–Trinajstić information content (AvgIpc) is 2.07. The minimum atomic E-state index is -0.423. The summed E-state index contributed by atoms with van der Waals surface area (Å²) >= 11 is 0. The number of hydrogen-bond acceptors (Lipinski definition) is 3. The molecular weight excluding hydrogens is 156 g/mol. The molecule has 0 bridgehead atoms. The standard InChI is InChI=1S/C6H14N2O2.C2H6/c1-8(2)4-3-7-6(10)5-9;1-2/h9H,3-5H2,1-2H3,(H,7,10);1-2H3. The van der Waals surface area contributed by atoms with Gasteiger partial charge in [-0.15, -0.1) is 0 Å². The summed E-state index contributed by atoms with van der Waals surface area (Å²) in [5, 5.41) is 10.8. The summed E-state index contributed by atoms with van der Waals surface area (Å²) in [5.41, 5.74) is 0. The largest absolute Gasteiger partial charge is 0.387 e. The number of hydrogen-bond donors (Lipinski definition) is 2. The zero-order valence-corrected chi connectivity index (χ0v) is 8.42. The van der Waals surface area contributed by atoms with E-state index in [1.54, 1.807) is 0 Å². The van der Waals surface area contributed by atoms with Crippen LogP contribution in [0.15, 0.2) is 0 Å². The number of likely N-dealkylation sites (N-methyl/N-ethyl adjacent to an activating group) is 1. The highest BCUT2D eigenvalue weighted by atomic mass is 16.3. The predicted molar refractivity (Wildman–Crippen MR) is 50.0 cm³/mol. The molecule has 0 aromatic rings. The molecule has 0 aliphatic carbocycles. The first kappa shape index (κ1) is 13.9. The summed E-state index contributed by atoms with van der Waals surface area (Å²) in [6, 6.07) is 0. The van der Waals surface area contributed by atoms with Crippen molar-refractivity contribution in [1.29, 1.82) is 0 Å². The first-order chi connectivity index (χ1) is 5.66. The summed E-state index contributed by atoms with van der Waals surface area (Å²) in [4.78, 5) is 12.4. The van der Waals surface area contributed by atoms with Crippen LogP contribution in [0.1, 0.15) is 13.8 Å². The van der Waals surface area contributed by atoms with Gasteiger partial charge in [0.25, 0.3) is 0 Å². The van der Waals surface area contributed by atoms with E-state index in [9.17, 15) is 4.79 Å². The van der Waals surface area contributed by atoms with E-state index < -0.39 is 6.61 Å². The molecule has 0 rings (SSSR count). The van der Waals surface area contributed by atoms with E-state index in [4.69, 9.17) is 5.11 Å². The van der Waals surface area contributed by atoms with Crippen LogP contribution in [0.2, 0.25) is 0 Å². The fraction of sp³-hybridized carbons (Fsp3) is 0.875. The van der Waals surface area contributed by atoms with Gasteiger partial charge < -0.3 is 15.3 Å². The molecule has 74 valence electrons. The van der Waals surface area contributed by atoms with Gasteiger partial charge in [0, 0.05) is 13.1 Å². The van der Waals surface area contributed by atoms with Crippen LogP contribution in [-0.4, -0.2) is 49.7 Å². The molecule has 0 aliphatic heterocycles. The second-order valence-electron chi connectivity index (χ2n) is 2.31. The van der Waals surface area contributed by atoms with Crippen LogP contribution < -0.4 is 5.32 Å². The van der Waals surface area contributed by atoms with Crippen LogP contribution in [0.3, 0.4) is 0 Å². The van der Waals surface area contributed by atoms with E-state index in [2.05, 4.69) is 5.32 Å². The van der Waals surface area contributed by atoms with Crippen molar-refractivity contribution in [3.63, 3.8) is 0 Å². The smallest absolute Gasteiger partial charge is 0.245 e. The minimum Gasteiger partial charge on any atom is -0.387 e. The lowest BCUT2D eigenvalue weighted by atomic mass is 10.5. The van der Waals surface area contributed by atoms with Crippen LogP contribution >= 0.6 is 0 Å². The van der Waals surface area contributed by atoms with Crippen molar-refractivity contribution < 1.29 is 9.90 Å². The van der Waals surface area contributed by atoms with Crippen molar-refractivity contribution in [1.82, 2.24) is 10.2 Å². The molecule has 2 N–H and O–H groups in total. The molecule has 0 saturated carbocycles. The van der Waals surface area contributed by atoms with Crippen molar-refractivity contribution in [3.05, 3.63) is 0 Å². The third-order valence-electron chi connectivity index (χ3n) is 1.02. The Hall–Kier alpha value is -0.610. The topological polar surface area (TPSA) is 52.6 Å². The molecule has 4 nitrogen and oxygen atoms in total.